The maximum absolute atomic E-state index is 13.9. The van der Waals surface area contributed by atoms with Gasteiger partial charge in [0.15, 0.2) is 0 Å². The number of nitrogens with one attached hydrogen (secondary N) is 1. The molecule has 1 fully saturated rings. The molecule has 1 heterocycles. The molecule has 144 valence electrons. The molecule has 2 unspecified atom stereocenters. The summed E-state index contributed by atoms with van der Waals surface area (Å²) in [5, 5.41) is 3.01. The second kappa shape index (κ2) is 8.15. The molecule has 0 aliphatic carbocycles. The molecule has 0 bridgehead atoms. The van der Waals surface area contributed by atoms with E-state index in [1.807, 2.05) is 35.2 Å². The van der Waals surface area contributed by atoms with Crippen LogP contribution in [-0.4, -0.2) is 29.9 Å². The fourth-order valence-electron chi connectivity index (χ4n) is 3.47. The van der Waals surface area contributed by atoms with Gasteiger partial charge >= 0.3 is 0 Å². The minimum absolute atomic E-state index is 0.0671. The summed E-state index contributed by atoms with van der Waals surface area (Å²) in [7, 11) is 0. The number of rotatable bonds is 5. The van der Waals surface area contributed by atoms with Crippen LogP contribution in [0.4, 0.5) is 8.78 Å². The van der Waals surface area contributed by atoms with Crippen molar-refractivity contribution in [2.75, 3.05) is 13.1 Å². The largest absolute Gasteiger partial charge is 0.350 e. The average Bonchev–Trinajstić information content (AvgIpc) is 2.66. The first kappa shape index (κ1) is 19.5. The maximum Gasteiger partial charge on any atom is 0.244 e. The van der Waals surface area contributed by atoms with Gasteiger partial charge in [-0.25, -0.2) is 8.78 Å². The number of nitrogens with zero attached hydrogens (tertiary/aromatic N) is 1. The number of hydrogen-bond donors (Lipinski definition) is 2. The summed E-state index contributed by atoms with van der Waals surface area (Å²) < 4.78 is 27.8. The van der Waals surface area contributed by atoms with E-state index in [4.69, 9.17) is 5.73 Å². The minimum atomic E-state index is -1.14. The summed E-state index contributed by atoms with van der Waals surface area (Å²) in [6.45, 7) is 3.14. The Morgan fingerprint density at radius 1 is 1.19 bits per heavy atom. The van der Waals surface area contributed by atoms with Gasteiger partial charge in [-0.1, -0.05) is 36.4 Å². The van der Waals surface area contributed by atoms with Crippen molar-refractivity contribution >= 4 is 5.91 Å². The van der Waals surface area contributed by atoms with Gasteiger partial charge in [-0.2, -0.15) is 0 Å². The van der Waals surface area contributed by atoms with Gasteiger partial charge in [0.1, 0.15) is 17.2 Å². The number of halogens is 2. The number of hydrogen-bond acceptors (Lipinski definition) is 3. The smallest absolute Gasteiger partial charge is 0.244 e. The van der Waals surface area contributed by atoms with Gasteiger partial charge in [0.2, 0.25) is 5.91 Å². The number of benzene rings is 2. The van der Waals surface area contributed by atoms with E-state index in [2.05, 4.69) is 5.32 Å². The molecule has 1 amide bonds. The highest BCUT2D eigenvalue weighted by atomic mass is 19.1. The van der Waals surface area contributed by atoms with Crippen LogP contribution in [0.2, 0.25) is 0 Å². The zero-order valence-electron chi connectivity index (χ0n) is 15.4. The van der Waals surface area contributed by atoms with Crippen molar-refractivity contribution in [3.63, 3.8) is 0 Å². The van der Waals surface area contributed by atoms with Crippen molar-refractivity contribution in [1.29, 1.82) is 0 Å². The molecule has 1 aliphatic heterocycles. The normalized spacial score (nSPS) is 20.1. The fourth-order valence-corrected chi connectivity index (χ4v) is 3.47. The van der Waals surface area contributed by atoms with E-state index >= 15 is 0 Å². The molecule has 4 nitrogen and oxygen atoms in total. The van der Waals surface area contributed by atoms with Crippen LogP contribution >= 0.6 is 0 Å². The Balaban J connectivity index is 1.64. The van der Waals surface area contributed by atoms with E-state index in [9.17, 15) is 13.6 Å². The molecule has 3 rings (SSSR count). The minimum Gasteiger partial charge on any atom is -0.350 e. The molecular formula is C21H25F2N3O. The van der Waals surface area contributed by atoms with Gasteiger partial charge in [0, 0.05) is 24.7 Å². The Kier molecular flexibility index (Phi) is 5.87. The van der Waals surface area contributed by atoms with Gasteiger partial charge in [-0.3, -0.25) is 9.69 Å². The van der Waals surface area contributed by atoms with Crippen molar-refractivity contribution < 1.29 is 13.6 Å². The lowest BCUT2D eigenvalue weighted by atomic mass is 9.91. The van der Waals surface area contributed by atoms with Crippen LogP contribution < -0.4 is 11.1 Å². The van der Waals surface area contributed by atoms with Crippen molar-refractivity contribution in [3.8, 4) is 0 Å². The summed E-state index contributed by atoms with van der Waals surface area (Å²) in [6.07, 6.45) is 1.65. The van der Waals surface area contributed by atoms with Gasteiger partial charge in [-0.05, 0) is 44.0 Å². The van der Waals surface area contributed by atoms with Crippen LogP contribution in [0.15, 0.2) is 48.5 Å². The van der Waals surface area contributed by atoms with E-state index in [0.717, 1.165) is 24.9 Å². The monoisotopic (exact) mass is 373 g/mol. The first-order valence-corrected chi connectivity index (χ1v) is 9.18. The molecule has 0 spiro atoms. The highest BCUT2D eigenvalue weighted by Gasteiger charge is 2.33. The van der Waals surface area contributed by atoms with E-state index in [1.54, 1.807) is 6.92 Å². The first-order valence-electron chi connectivity index (χ1n) is 9.18. The summed E-state index contributed by atoms with van der Waals surface area (Å²) in [6, 6.07) is 13.0. The molecule has 0 aromatic heterocycles. The highest BCUT2D eigenvalue weighted by molar-refractivity contribution is 5.87. The SMILES string of the molecule is CC(N)(C(=O)NC1CCCN(Cc2c(F)cccc2F)C1)c1ccccc1. The van der Waals surface area contributed by atoms with Gasteiger partial charge in [-0.15, -0.1) is 0 Å². The molecule has 1 aliphatic rings. The number of carbonyl (C=O) groups excluding carboxylic acids is 1. The lowest BCUT2D eigenvalue weighted by Crippen LogP contribution is -2.55. The third-order valence-corrected chi connectivity index (χ3v) is 5.13. The number of nitrogens with two attached hydrogens (primary N) is 1. The van der Waals surface area contributed by atoms with Crippen LogP contribution in [0.1, 0.15) is 30.9 Å². The van der Waals surface area contributed by atoms with Crippen LogP contribution in [-0.2, 0) is 16.9 Å². The Labute approximate surface area is 158 Å². The average molecular weight is 373 g/mol. The Hall–Kier alpha value is -2.31. The van der Waals surface area contributed by atoms with Gasteiger partial charge in [0.25, 0.3) is 0 Å². The van der Waals surface area contributed by atoms with Crippen molar-refractivity contribution in [2.45, 2.75) is 37.9 Å². The molecular weight excluding hydrogens is 348 g/mol. The van der Waals surface area contributed by atoms with E-state index in [0.29, 0.717) is 6.54 Å². The van der Waals surface area contributed by atoms with E-state index in [1.165, 1.54) is 18.2 Å². The predicted molar refractivity (Wildman–Crippen MR) is 101 cm³/mol. The molecule has 3 N–H and O–H groups in total. The zero-order chi connectivity index (χ0) is 19.4. The summed E-state index contributed by atoms with van der Waals surface area (Å²) in [5.74, 6) is -1.34. The maximum atomic E-state index is 13.9. The zero-order valence-corrected chi connectivity index (χ0v) is 15.4. The van der Waals surface area contributed by atoms with Crippen LogP contribution in [0.3, 0.4) is 0 Å². The summed E-state index contributed by atoms with van der Waals surface area (Å²) >= 11 is 0. The van der Waals surface area contributed by atoms with Crippen molar-refractivity contribution in [3.05, 3.63) is 71.3 Å². The van der Waals surface area contributed by atoms with E-state index < -0.39 is 17.2 Å². The molecule has 0 radical (unpaired) electrons. The molecule has 2 atom stereocenters. The fraction of sp³-hybridized carbons (Fsp3) is 0.381. The van der Waals surface area contributed by atoms with Crippen LogP contribution in [0, 0.1) is 11.6 Å². The molecule has 2 aromatic carbocycles. The first-order chi connectivity index (χ1) is 12.9. The van der Waals surface area contributed by atoms with Gasteiger partial charge in [0.05, 0.1) is 0 Å². The lowest BCUT2D eigenvalue weighted by molar-refractivity contribution is -0.127. The molecule has 27 heavy (non-hydrogen) atoms. The second-order valence-corrected chi connectivity index (χ2v) is 7.32. The summed E-state index contributed by atoms with van der Waals surface area (Å²) in [4.78, 5) is 14.7. The number of piperidine rings is 1. The predicted octanol–water partition coefficient (Wildman–Crippen LogP) is 2.92. The molecule has 6 heteroatoms. The third-order valence-electron chi connectivity index (χ3n) is 5.13. The Morgan fingerprint density at radius 3 is 2.52 bits per heavy atom. The molecule has 2 aromatic rings. The number of carbonyl (C=O) groups is 1. The lowest BCUT2D eigenvalue weighted by Gasteiger charge is -2.35. The Bertz CT molecular complexity index is 775. The van der Waals surface area contributed by atoms with Gasteiger partial charge < -0.3 is 11.1 Å². The third kappa shape index (κ3) is 4.51. The van der Waals surface area contributed by atoms with E-state index in [-0.39, 0.29) is 24.1 Å². The number of amides is 1. The summed E-state index contributed by atoms with van der Waals surface area (Å²) in [5.41, 5.74) is 5.94. The second-order valence-electron chi connectivity index (χ2n) is 7.32. The standard InChI is InChI=1S/C21H25F2N3O/c1-21(24,15-7-3-2-4-8-15)20(27)25-16-9-6-12-26(13-16)14-17-18(22)10-5-11-19(17)23/h2-5,7-8,10-11,16H,6,9,12-14,24H2,1H3,(H,25,27). The quantitative estimate of drug-likeness (QED) is 0.847. The Morgan fingerprint density at radius 2 is 1.85 bits per heavy atom. The van der Waals surface area contributed by atoms with Crippen molar-refractivity contribution in [2.24, 2.45) is 5.73 Å². The highest BCUT2D eigenvalue weighted by Crippen LogP contribution is 2.21. The van der Waals surface area contributed by atoms with Crippen LogP contribution in [0.5, 0.6) is 0 Å². The topological polar surface area (TPSA) is 58.4 Å². The molecule has 0 saturated carbocycles. The molecule has 1 saturated heterocycles. The van der Waals surface area contributed by atoms with Crippen molar-refractivity contribution in [1.82, 2.24) is 10.2 Å². The number of likely N-dealkylation sites (tertiary alicyclic amines) is 1. The van der Waals surface area contributed by atoms with Crippen LogP contribution in [0.25, 0.3) is 0 Å².